The Kier molecular flexibility index (Phi) is 5.26. The molecular weight excluding hydrogens is 222 g/mol. The van der Waals surface area contributed by atoms with Gasteiger partial charge in [0.15, 0.2) is 0 Å². The van der Waals surface area contributed by atoms with Crippen LogP contribution in [0.5, 0.6) is 0 Å². The molecule has 0 aromatic carbocycles. The van der Waals surface area contributed by atoms with Gasteiger partial charge in [0.2, 0.25) is 11.7 Å². The van der Waals surface area contributed by atoms with Crippen molar-refractivity contribution in [3.63, 3.8) is 0 Å². The van der Waals surface area contributed by atoms with E-state index in [2.05, 4.69) is 12.2 Å². The van der Waals surface area contributed by atoms with Gasteiger partial charge in [-0.3, -0.25) is 4.79 Å². The van der Waals surface area contributed by atoms with Gasteiger partial charge >= 0.3 is 5.97 Å². The third kappa shape index (κ3) is 4.72. The summed E-state index contributed by atoms with van der Waals surface area (Å²) in [6.07, 6.45) is 3.49. The molecular formula is C12H17NO4. The van der Waals surface area contributed by atoms with E-state index in [-0.39, 0.29) is 18.2 Å². The predicted octanol–water partition coefficient (Wildman–Crippen LogP) is 2.17. The van der Waals surface area contributed by atoms with Crippen molar-refractivity contribution in [2.24, 2.45) is 0 Å². The summed E-state index contributed by atoms with van der Waals surface area (Å²) in [7, 11) is 0. The van der Waals surface area contributed by atoms with Crippen molar-refractivity contribution in [1.82, 2.24) is 5.32 Å². The molecule has 0 aliphatic rings. The van der Waals surface area contributed by atoms with Gasteiger partial charge in [-0.2, -0.15) is 0 Å². The van der Waals surface area contributed by atoms with E-state index in [4.69, 9.17) is 9.52 Å². The molecule has 1 rings (SSSR count). The molecule has 0 aliphatic carbocycles. The van der Waals surface area contributed by atoms with Crippen LogP contribution in [-0.4, -0.2) is 17.0 Å². The lowest BCUT2D eigenvalue weighted by Crippen LogP contribution is -2.22. The number of carbonyl (C=O) groups is 2. The third-order valence-electron chi connectivity index (χ3n) is 2.34. The number of carboxylic acid groups (broad SMARTS) is 1. The fraction of sp³-hybridized carbons (Fsp3) is 0.500. The quantitative estimate of drug-likeness (QED) is 0.715. The maximum absolute atomic E-state index is 11.4. The van der Waals surface area contributed by atoms with Crippen molar-refractivity contribution in [2.45, 2.75) is 39.2 Å². The zero-order valence-electron chi connectivity index (χ0n) is 9.86. The number of carbonyl (C=O) groups excluding carboxylic acids is 1. The topological polar surface area (TPSA) is 79.5 Å². The van der Waals surface area contributed by atoms with Gasteiger partial charge in [0.25, 0.3) is 0 Å². The van der Waals surface area contributed by atoms with Gasteiger partial charge in [-0.1, -0.05) is 19.8 Å². The molecule has 0 fully saturated rings. The number of aromatic carboxylic acids is 1. The highest BCUT2D eigenvalue weighted by molar-refractivity contribution is 5.84. The van der Waals surface area contributed by atoms with Crippen LogP contribution in [0.3, 0.4) is 0 Å². The molecule has 0 bridgehead atoms. The molecule has 5 heteroatoms. The first kappa shape index (κ1) is 13.3. The first-order valence-electron chi connectivity index (χ1n) is 5.72. The van der Waals surface area contributed by atoms with Crippen molar-refractivity contribution in [3.05, 3.63) is 23.7 Å². The maximum atomic E-state index is 11.4. The fourth-order valence-corrected chi connectivity index (χ4v) is 1.40. The Bertz CT molecular complexity index is 384. The highest BCUT2D eigenvalue weighted by Crippen LogP contribution is 2.07. The van der Waals surface area contributed by atoms with Crippen LogP contribution in [0.4, 0.5) is 0 Å². The molecule has 0 saturated heterocycles. The average molecular weight is 239 g/mol. The molecule has 0 atom stereocenters. The van der Waals surface area contributed by atoms with E-state index >= 15 is 0 Å². The van der Waals surface area contributed by atoms with E-state index in [1.807, 2.05) is 0 Å². The summed E-state index contributed by atoms with van der Waals surface area (Å²) < 4.78 is 5.01. The lowest BCUT2D eigenvalue weighted by molar-refractivity contribution is -0.121. The van der Waals surface area contributed by atoms with E-state index in [0.717, 1.165) is 19.3 Å². The minimum atomic E-state index is -1.11. The standard InChI is InChI=1S/C12H17NO4/c1-2-3-4-5-11(14)13-8-9-6-7-10(17-9)12(15)16/h6-7H,2-5,8H2,1H3,(H,13,14)(H,15,16). The summed E-state index contributed by atoms with van der Waals surface area (Å²) >= 11 is 0. The van der Waals surface area contributed by atoms with E-state index in [0.29, 0.717) is 12.2 Å². The summed E-state index contributed by atoms with van der Waals surface area (Å²) in [6, 6.07) is 2.93. The highest BCUT2D eigenvalue weighted by atomic mass is 16.4. The van der Waals surface area contributed by atoms with Crippen LogP contribution < -0.4 is 5.32 Å². The number of amides is 1. The Morgan fingerprint density at radius 1 is 1.35 bits per heavy atom. The number of carboxylic acids is 1. The Labute approximate surface area is 99.8 Å². The van der Waals surface area contributed by atoms with Crippen molar-refractivity contribution < 1.29 is 19.1 Å². The van der Waals surface area contributed by atoms with Crippen LogP contribution in [0.25, 0.3) is 0 Å². The number of hydrogen-bond donors (Lipinski definition) is 2. The Morgan fingerprint density at radius 2 is 2.12 bits per heavy atom. The smallest absolute Gasteiger partial charge is 0.371 e. The minimum Gasteiger partial charge on any atom is -0.475 e. The zero-order chi connectivity index (χ0) is 12.7. The van der Waals surface area contributed by atoms with Crippen molar-refractivity contribution >= 4 is 11.9 Å². The summed E-state index contributed by atoms with van der Waals surface area (Å²) in [5.74, 6) is -0.802. The molecule has 1 amide bonds. The second-order valence-corrected chi connectivity index (χ2v) is 3.80. The van der Waals surface area contributed by atoms with Gasteiger partial charge in [0.1, 0.15) is 5.76 Å². The number of unbranched alkanes of at least 4 members (excludes halogenated alkanes) is 2. The molecule has 0 spiro atoms. The van der Waals surface area contributed by atoms with Gasteiger partial charge < -0.3 is 14.8 Å². The van der Waals surface area contributed by atoms with E-state index in [1.165, 1.54) is 6.07 Å². The summed E-state index contributed by atoms with van der Waals surface area (Å²) in [5.41, 5.74) is 0. The molecule has 1 heterocycles. The molecule has 0 radical (unpaired) electrons. The first-order chi connectivity index (χ1) is 8.13. The Balaban J connectivity index is 2.29. The van der Waals surface area contributed by atoms with E-state index in [9.17, 15) is 9.59 Å². The number of hydrogen-bond acceptors (Lipinski definition) is 3. The monoisotopic (exact) mass is 239 g/mol. The fourth-order valence-electron chi connectivity index (χ4n) is 1.40. The van der Waals surface area contributed by atoms with Crippen LogP contribution in [0, 0.1) is 0 Å². The van der Waals surface area contributed by atoms with Crippen molar-refractivity contribution in [2.75, 3.05) is 0 Å². The Hall–Kier alpha value is -1.78. The molecule has 17 heavy (non-hydrogen) atoms. The van der Waals surface area contributed by atoms with Gasteiger partial charge in [0, 0.05) is 6.42 Å². The Morgan fingerprint density at radius 3 is 2.71 bits per heavy atom. The molecule has 1 aromatic rings. The summed E-state index contributed by atoms with van der Waals surface area (Å²) in [4.78, 5) is 21.9. The second-order valence-electron chi connectivity index (χ2n) is 3.80. The second kappa shape index (κ2) is 6.73. The van der Waals surface area contributed by atoms with Gasteiger partial charge in [-0.25, -0.2) is 4.79 Å². The number of rotatable bonds is 7. The minimum absolute atomic E-state index is 0.0354. The van der Waals surface area contributed by atoms with Crippen LogP contribution >= 0.6 is 0 Å². The first-order valence-corrected chi connectivity index (χ1v) is 5.72. The number of nitrogens with one attached hydrogen (secondary N) is 1. The molecule has 1 aromatic heterocycles. The summed E-state index contributed by atoms with van der Waals surface area (Å²) in [6.45, 7) is 2.31. The third-order valence-corrected chi connectivity index (χ3v) is 2.34. The lowest BCUT2D eigenvalue weighted by Gasteiger charge is -2.02. The van der Waals surface area contributed by atoms with E-state index < -0.39 is 5.97 Å². The molecule has 5 nitrogen and oxygen atoms in total. The van der Waals surface area contributed by atoms with E-state index in [1.54, 1.807) is 6.07 Å². The van der Waals surface area contributed by atoms with Crippen LogP contribution in [0.1, 0.15) is 48.9 Å². The predicted molar refractivity (Wildman–Crippen MR) is 61.7 cm³/mol. The van der Waals surface area contributed by atoms with Crippen LogP contribution in [-0.2, 0) is 11.3 Å². The van der Waals surface area contributed by atoms with Crippen LogP contribution in [0.2, 0.25) is 0 Å². The normalized spacial score (nSPS) is 10.2. The van der Waals surface area contributed by atoms with Gasteiger partial charge in [-0.15, -0.1) is 0 Å². The molecule has 0 unspecified atom stereocenters. The number of furan rings is 1. The maximum Gasteiger partial charge on any atom is 0.371 e. The SMILES string of the molecule is CCCCCC(=O)NCc1ccc(C(=O)O)o1. The lowest BCUT2D eigenvalue weighted by atomic mass is 10.2. The van der Waals surface area contributed by atoms with Crippen molar-refractivity contribution in [3.8, 4) is 0 Å². The molecule has 0 aliphatic heterocycles. The molecule has 0 saturated carbocycles. The van der Waals surface area contributed by atoms with Crippen molar-refractivity contribution in [1.29, 1.82) is 0 Å². The molecule has 94 valence electrons. The average Bonchev–Trinajstić information content (AvgIpc) is 2.75. The highest BCUT2D eigenvalue weighted by Gasteiger charge is 2.09. The zero-order valence-corrected chi connectivity index (χ0v) is 9.86. The summed E-state index contributed by atoms with van der Waals surface area (Å²) in [5, 5.41) is 11.3. The van der Waals surface area contributed by atoms with Gasteiger partial charge in [-0.05, 0) is 18.6 Å². The van der Waals surface area contributed by atoms with Gasteiger partial charge in [0.05, 0.1) is 6.54 Å². The van der Waals surface area contributed by atoms with Crippen LogP contribution in [0.15, 0.2) is 16.5 Å². The molecule has 2 N–H and O–H groups in total. The largest absolute Gasteiger partial charge is 0.475 e.